The van der Waals surface area contributed by atoms with E-state index < -0.39 is 0 Å². The molecular weight excluding hydrogens is 260 g/mol. The van der Waals surface area contributed by atoms with Crippen LogP contribution in [0.2, 0.25) is 0 Å². The Morgan fingerprint density at radius 3 is 2.38 bits per heavy atom. The van der Waals surface area contributed by atoms with Gasteiger partial charge in [0.15, 0.2) is 0 Å². The van der Waals surface area contributed by atoms with Crippen molar-refractivity contribution in [2.45, 2.75) is 58.3 Å². The van der Waals surface area contributed by atoms with E-state index in [1.165, 1.54) is 42.1 Å². The normalized spacial score (nSPS) is 11.8. The maximum Gasteiger partial charge on any atom is 0.0212 e. The maximum absolute atomic E-state index is 3.65. The molecular formula is C15H23Br. The Labute approximate surface area is 109 Å². The van der Waals surface area contributed by atoms with Gasteiger partial charge in [-0.3, -0.25) is 0 Å². The molecule has 0 nitrogen and oxygen atoms in total. The van der Waals surface area contributed by atoms with Crippen LogP contribution in [0, 0.1) is 0 Å². The van der Waals surface area contributed by atoms with Gasteiger partial charge in [0.25, 0.3) is 0 Å². The minimum absolute atomic E-state index is 0.286. The number of unbranched alkanes of at least 4 members (excludes halogenated alkanes) is 3. The molecule has 0 saturated carbocycles. The molecule has 0 fully saturated rings. The van der Waals surface area contributed by atoms with Crippen molar-refractivity contribution in [3.63, 3.8) is 0 Å². The van der Waals surface area contributed by atoms with Gasteiger partial charge in [-0.25, -0.2) is 0 Å². The molecule has 0 atom stereocenters. The lowest BCUT2D eigenvalue weighted by Crippen LogP contribution is -2.17. The second-order valence-electron chi connectivity index (χ2n) is 5.17. The predicted molar refractivity (Wildman–Crippen MR) is 75.9 cm³/mol. The third-order valence-electron chi connectivity index (χ3n) is 3.26. The van der Waals surface area contributed by atoms with Crippen molar-refractivity contribution in [2.75, 3.05) is 0 Å². The molecule has 0 spiro atoms. The maximum atomic E-state index is 3.65. The van der Waals surface area contributed by atoms with E-state index in [2.05, 4.69) is 61.0 Å². The topological polar surface area (TPSA) is 0 Å². The van der Waals surface area contributed by atoms with Crippen molar-refractivity contribution in [2.24, 2.45) is 0 Å². The summed E-state index contributed by atoms with van der Waals surface area (Å²) in [4.78, 5) is 0. The number of hydrogen-bond donors (Lipinski definition) is 0. The molecule has 16 heavy (non-hydrogen) atoms. The lowest BCUT2D eigenvalue weighted by Gasteiger charge is -2.26. The Morgan fingerprint density at radius 2 is 1.75 bits per heavy atom. The molecule has 0 radical (unpaired) electrons. The summed E-state index contributed by atoms with van der Waals surface area (Å²) in [6.07, 6.45) is 6.66. The van der Waals surface area contributed by atoms with Crippen LogP contribution in [0.15, 0.2) is 28.7 Å². The van der Waals surface area contributed by atoms with Crippen LogP contribution in [0.25, 0.3) is 0 Å². The van der Waals surface area contributed by atoms with Crippen LogP contribution in [0.1, 0.15) is 58.4 Å². The van der Waals surface area contributed by atoms with Gasteiger partial charge in [0.1, 0.15) is 0 Å². The summed E-state index contributed by atoms with van der Waals surface area (Å²) in [6.45, 7) is 6.96. The van der Waals surface area contributed by atoms with Crippen LogP contribution in [-0.4, -0.2) is 0 Å². The highest BCUT2D eigenvalue weighted by atomic mass is 79.9. The van der Waals surface area contributed by atoms with E-state index in [1.807, 2.05) is 0 Å². The fourth-order valence-electron chi connectivity index (χ4n) is 2.14. The van der Waals surface area contributed by atoms with Crippen LogP contribution >= 0.6 is 15.9 Å². The van der Waals surface area contributed by atoms with Gasteiger partial charge in [-0.05, 0) is 23.5 Å². The van der Waals surface area contributed by atoms with E-state index in [0.29, 0.717) is 0 Å². The molecule has 0 bridgehead atoms. The molecule has 1 aromatic carbocycles. The van der Waals surface area contributed by atoms with Crippen molar-refractivity contribution in [3.05, 3.63) is 34.3 Å². The van der Waals surface area contributed by atoms with E-state index in [0.717, 1.165) is 0 Å². The van der Waals surface area contributed by atoms with Crippen LogP contribution < -0.4 is 0 Å². The fraction of sp³-hybridized carbons (Fsp3) is 0.600. The molecule has 1 heteroatoms. The number of rotatable bonds is 6. The van der Waals surface area contributed by atoms with E-state index >= 15 is 0 Å². The smallest absolute Gasteiger partial charge is 0.0212 e. The van der Waals surface area contributed by atoms with Gasteiger partial charge >= 0.3 is 0 Å². The van der Waals surface area contributed by atoms with E-state index in [-0.39, 0.29) is 5.41 Å². The van der Waals surface area contributed by atoms with E-state index in [4.69, 9.17) is 0 Å². The summed E-state index contributed by atoms with van der Waals surface area (Å²) in [6, 6.07) is 8.60. The van der Waals surface area contributed by atoms with Crippen molar-refractivity contribution >= 4 is 15.9 Å². The molecule has 0 unspecified atom stereocenters. The molecule has 0 aromatic heterocycles. The molecule has 0 amide bonds. The molecule has 90 valence electrons. The molecule has 0 saturated heterocycles. The average molecular weight is 283 g/mol. The van der Waals surface area contributed by atoms with E-state index in [1.54, 1.807) is 0 Å². The molecule has 1 rings (SSSR count). The van der Waals surface area contributed by atoms with Crippen LogP contribution in [0.4, 0.5) is 0 Å². The van der Waals surface area contributed by atoms with Gasteiger partial charge in [0.2, 0.25) is 0 Å². The Morgan fingerprint density at radius 1 is 1.06 bits per heavy atom. The highest BCUT2D eigenvalue weighted by Gasteiger charge is 2.21. The van der Waals surface area contributed by atoms with Gasteiger partial charge < -0.3 is 0 Å². The van der Waals surface area contributed by atoms with Gasteiger partial charge in [0, 0.05) is 4.47 Å². The lowest BCUT2D eigenvalue weighted by molar-refractivity contribution is 0.444. The first kappa shape index (κ1) is 13.8. The zero-order valence-electron chi connectivity index (χ0n) is 10.7. The summed E-state index contributed by atoms with van der Waals surface area (Å²) in [5.41, 5.74) is 1.72. The summed E-state index contributed by atoms with van der Waals surface area (Å²) in [5, 5.41) is 0. The fourth-order valence-corrected chi connectivity index (χ4v) is 2.96. The second kappa shape index (κ2) is 6.44. The summed E-state index contributed by atoms with van der Waals surface area (Å²) in [7, 11) is 0. The van der Waals surface area contributed by atoms with Gasteiger partial charge in [-0.1, -0.05) is 80.6 Å². The molecule has 0 aliphatic rings. The molecule has 1 aromatic rings. The van der Waals surface area contributed by atoms with Gasteiger partial charge in [-0.15, -0.1) is 0 Å². The quantitative estimate of drug-likeness (QED) is 0.588. The molecule has 0 N–H and O–H groups in total. The minimum Gasteiger partial charge on any atom is -0.0654 e. The first-order chi connectivity index (χ1) is 7.58. The molecule has 0 aliphatic carbocycles. The number of benzene rings is 1. The zero-order chi connectivity index (χ0) is 12.0. The third-order valence-corrected chi connectivity index (χ3v) is 3.95. The Bertz CT molecular complexity index is 315. The lowest BCUT2D eigenvalue weighted by atomic mass is 9.80. The van der Waals surface area contributed by atoms with Crippen LogP contribution in [-0.2, 0) is 5.41 Å². The zero-order valence-corrected chi connectivity index (χ0v) is 12.3. The monoisotopic (exact) mass is 282 g/mol. The van der Waals surface area contributed by atoms with Crippen molar-refractivity contribution in [3.8, 4) is 0 Å². The Kier molecular flexibility index (Phi) is 5.54. The summed E-state index contributed by atoms with van der Waals surface area (Å²) in [5.74, 6) is 0. The van der Waals surface area contributed by atoms with E-state index in [9.17, 15) is 0 Å². The largest absolute Gasteiger partial charge is 0.0654 e. The Balaban J connectivity index is 2.59. The SMILES string of the molecule is CCCCCCC(C)(C)c1ccccc1Br. The number of halogens is 1. The van der Waals surface area contributed by atoms with Crippen LogP contribution in [0.3, 0.4) is 0 Å². The second-order valence-corrected chi connectivity index (χ2v) is 6.03. The number of hydrogen-bond acceptors (Lipinski definition) is 0. The summed E-state index contributed by atoms with van der Waals surface area (Å²) >= 11 is 3.65. The third kappa shape index (κ3) is 3.93. The Hall–Kier alpha value is -0.300. The highest BCUT2D eigenvalue weighted by Crippen LogP contribution is 2.34. The highest BCUT2D eigenvalue weighted by molar-refractivity contribution is 9.10. The first-order valence-electron chi connectivity index (χ1n) is 6.33. The standard InChI is InChI=1S/C15H23Br/c1-4-5-6-9-12-15(2,3)13-10-7-8-11-14(13)16/h7-8,10-11H,4-6,9,12H2,1-3H3. The predicted octanol–water partition coefficient (Wildman–Crippen LogP) is 5.70. The van der Waals surface area contributed by atoms with Gasteiger partial charge in [-0.2, -0.15) is 0 Å². The van der Waals surface area contributed by atoms with Crippen LogP contribution in [0.5, 0.6) is 0 Å². The minimum atomic E-state index is 0.286. The van der Waals surface area contributed by atoms with Crippen molar-refractivity contribution < 1.29 is 0 Å². The van der Waals surface area contributed by atoms with Crippen molar-refractivity contribution in [1.29, 1.82) is 0 Å². The average Bonchev–Trinajstić information content (AvgIpc) is 2.25. The summed E-state index contributed by atoms with van der Waals surface area (Å²) < 4.78 is 1.25. The van der Waals surface area contributed by atoms with Gasteiger partial charge in [0.05, 0.1) is 0 Å². The first-order valence-corrected chi connectivity index (χ1v) is 7.12. The molecule has 0 aliphatic heterocycles. The van der Waals surface area contributed by atoms with Crippen molar-refractivity contribution in [1.82, 2.24) is 0 Å². The molecule has 0 heterocycles.